The summed E-state index contributed by atoms with van der Waals surface area (Å²) in [5, 5.41) is 17.0. The molecule has 0 aromatic carbocycles. The van der Waals surface area contributed by atoms with Crippen molar-refractivity contribution in [2.75, 3.05) is 0 Å². The van der Waals surface area contributed by atoms with Gasteiger partial charge in [-0.25, -0.2) is 11.0 Å². The maximum absolute atomic E-state index is 11.8. The van der Waals surface area contributed by atoms with Crippen LogP contribution < -0.4 is 11.0 Å². The second-order valence-electron chi connectivity index (χ2n) is 5.82. The minimum atomic E-state index is -0.432. The van der Waals surface area contributed by atoms with Crippen LogP contribution in [0.15, 0.2) is 0 Å². The van der Waals surface area contributed by atoms with Gasteiger partial charge in [0.25, 0.3) is 11.8 Å². The van der Waals surface area contributed by atoms with Gasteiger partial charge >= 0.3 is 0 Å². The van der Waals surface area contributed by atoms with E-state index >= 15 is 0 Å². The highest BCUT2D eigenvalue weighted by atomic mass is 33.1. The Bertz CT molecular complexity index is 314. The molecule has 24 heavy (non-hydrogen) atoms. The molecule has 0 aliphatic rings. The molecule has 2 amide bonds. The smallest absolute Gasteiger partial charge is 0.257 e. The van der Waals surface area contributed by atoms with Crippen molar-refractivity contribution in [3.8, 4) is 0 Å². The first-order chi connectivity index (χ1) is 11.6. The highest BCUT2D eigenvalue weighted by Crippen LogP contribution is 2.36. The average molecular weight is 381 g/mol. The molecule has 0 aromatic heterocycles. The van der Waals surface area contributed by atoms with Crippen LogP contribution in [0.5, 0.6) is 0 Å². The predicted molar refractivity (Wildman–Crippen MR) is 100 cm³/mol. The number of unbranched alkanes of at least 4 members (excludes halogenated alkanes) is 6. The van der Waals surface area contributed by atoms with E-state index in [1.807, 2.05) is 0 Å². The Kier molecular flexibility index (Phi) is 15.8. The fraction of sp³-hybridized carbons (Fsp3) is 0.875. The molecule has 0 aromatic rings. The molecule has 0 bridgehead atoms. The highest BCUT2D eigenvalue weighted by Gasteiger charge is 2.24. The minimum Gasteiger partial charge on any atom is -0.289 e. The summed E-state index contributed by atoms with van der Waals surface area (Å²) in [6.07, 6.45) is 9.73. The number of nitrogens with one attached hydrogen (secondary N) is 2. The first kappa shape index (κ1) is 23.6. The first-order valence-corrected chi connectivity index (χ1v) is 11.1. The zero-order chi connectivity index (χ0) is 18.2. The molecular formula is C16H32N2O4S2. The van der Waals surface area contributed by atoms with E-state index in [-0.39, 0.29) is 0 Å². The molecule has 6 nitrogen and oxygen atoms in total. The molecule has 0 rings (SSSR count). The van der Waals surface area contributed by atoms with Gasteiger partial charge < -0.3 is 0 Å². The van der Waals surface area contributed by atoms with Crippen molar-refractivity contribution in [2.24, 2.45) is 0 Å². The second kappa shape index (κ2) is 16.1. The van der Waals surface area contributed by atoms with Crippen LogP contribution in [0.4, 0.5) is 0 Å². The van der Waals surface area contributed by atoms with Crippen LogP contribution in [0.1, 0.15) is 78.1 Å². The van der Waals surface area contributed by atoms with Gasteiger partial charge in [0.05, 0.1) is 10.5 Å². The largest absolute Gasteiger partial charge is 0.289 e. The first-order valence-electron chi connectivity index (χ1n) is 8.80. The molecule has 0 aliphatic heterocycles. The Hall–Kier alpha value is -0.440. The molecule has 0 spiro atoms. The van der Waals surface area contributed by atoms with Crippen molar-refractivity contribution < 1.29 is 20.0 Å². The van der Waals surface area contributed by atoms with Gasteiger partial charge in [0.1, 0.15) is 0 Å². The lowest BCUT2D eigenvalue weighted by atomic mass is 10.1. The summed E-state index contributed by atoms with van der Waals surface area (Å²) in [4.78, 5) is 23.6. The van der Waals surface area contributed by atoms with E-state index < -0.39 is 22.3 Å². The van der Waals surface area contributed by atoms with E-state index in [2.05, 4.69) is 13.8 Å². The summed E-state index contributed by atoms with van der Waals surface area (Å²) < 4.78 is 0. The summed E-state index contributed by atoms with van der Waals surface area (Å²) >= 11 is 0. The quantitative estimate of drug-likeness (QED) is 0.148. The van der Waals surface area contributed by atoms with Gasteiger partial charge in [0.15, 0.2) is 0 Å². The number of hydroxylamine groups is 2. The van der Waals surface area contributed by atoms with E-state index in [4.69, 9.17) is 10.4 Å². The van der Waals surface area contributed by atoms with E-state index in [0.717, 1.165) is 51.4 Å². The van der Waals surface area contributed by atoms with Crippen LogP contribution in [0.2, 0.25) is 0 Å². The lowest BCUT2D eigenvalue weighted by molar-refractivity contribution is -0.129. The number of hydrogen-bond acceptors (Lipinski definition) is 6. The second-order valence-corrected chi connectivity index (χ2v) is 8.50. The molecule has 2 unspecified atom stereocenters. The molecule has 142 valence electrons. The summed E-state index contributed by atoms with van der Waals surface area (Å²) in [5.41, 5.74) is 3.42. The topological polar surface area (TPSA) is 98.7 Å². The Morgan fingerprint density at radius 3 is 1.42 bits per heavy atom. The fourth-order valence-corrected chi connectivity index (χ4v) is 5.22. The zero-order valence-electron chi connectivity index (χ0n) is 14.8. The number of rotatable bonds is 15. The van der Waals surface area contributed by atoms with Gasteiger partial charge in [-0.15, -0.1) is 0 Å². The molecule has 0 saturated heterocycles. The molecule has 0 heterocycles. The number of amides is 2. The highest BCUT2D eigenvalue weighted by molar-refractivity contribution is 8.77. The molecule has 2 atom stereocenters. The number of carbonyl (C=O) groups is 2. The molecule has 0 fully saturated rings. The number of carbonyl (C=O) groups excluding carboxylic acids is 2. The van der Waals surface area contributed by atoms with Crippen molar-refractivity contribution in [1.82, 2.24) is 11.0 Å². The van der Waals surface area contributed by atoms with Crippen LogP contribution in [0, 0.1) is 0 Å². The average Bonchev–Trinajstić information content (AvgIpc) is 2.61. The summed E-state index contributed by atoms with van der Waals surface area (Å²) in [5.74, 6) is -0.865. The van der Waals surface area contributed by atoms with Crippen molar-refractivity contribution >= 4 is 33.4 Å². The predicted octanol–water partition coefficient (Wildman–Crippen LogP) is 4.06. The van der Waals surface area contributed by atoms with Gasteiger partial charge in [-0.3, -0.25) is 20.0 Å². The monoisotopic (exact) mass is 380 g/mol. The maximum atomic E-state index is 11.8. The van der Waals surface area contributed by atoms with Crippen molar-refractivity contribution in [3.05, 3.63) is 0 Å². The van der Waals surface area contributed by atoms with Gasteiger partial charge in [0, 0.05) is 0 Å². The molecule has 0 radical (unpaired) electrons. The lowest BCUT2D eigenvalue weighted by Gasteiger charge is -2.18. The molecule has 0 aliphatic carbocycles. The van der Waals surface area contributed by atoms with Crippen LogP contribution >= 0.6 is 21.6 Å². The van der Waals surface area contributed by atoms with Crippen LogP contribution in [0.25, 0.3) is 0 Å². The van der Waals surface area contributed by atoms with Crippen LogP contribution in [-0.4, -0.2) is 32.7 Å². The third-order valence-corrected chi connectivity index (χ3v) is 6.94. The van der Waals surface area contributed by atoms with E-state index in [0.29, 0.717) is 12.8 Å². The Balaban J connectivity index is 4.42. The molecule has 4 N–H and O–H groups in total. The van der Waals surface area contributed by atoms with Crippen molar-refractivity contribution in [3.63, 3.8) is 0 Å². The van der Waals surface area contributed by atoms with Gasteiger partial charge in [-0.05, 0) is 12.8 Å². The van der Waals surface area contributed by atoms with E-state index in [1.165, 1.54) is 21.6 Å². The minimum absolute atomic E-state index is 0.401. The Morgan fingerprint density at radius 2 is 1.12 bits per heavy atom. The molecule has 8 heteroatoms. The Labute approximate surface area is 153 Å². The van der Waals surface area contributed by atoms with Crippen molar-refractivity contribution in [1.29, 1.82) is 0 Å². The van der Waals surface area contributed by atoms with E-state index in [9.17, 15) is 9.59 Å². The van der Waals surface area contributed by atoms with Gasteiger partial charge in [-0.1, -0.05) is 86.8 Å². The van der Waals surface area contributed by atoms with Gasteiger partial charge in [0.2, 0.25) is 0 Å². The SMILES string of the molecule is CCCCCCC(SSC(CCCCCC)C(=O)NO)C(=O)NO. The third-order valence-electron chi connectivity index (χ3n) is 3.73. The maximum Gasteiger partial charge on any atom is 0.257 e. The van der Waals surface area contributed by atoms with Crippen molar-refractivity contribution in [2.45, 2.75) is 88.6 Å². The summed E-state index contributed by atoms with van der Waals surface area (Å²) in [6.45, 7) is 4.25. The Morgan fingerprint density at radius 1 is 0.750 bits per heavy atom. The standard InChI is InChI=1S/C16H32N2O4S2/c1-3-5-7-9-11-13(15(19)17-21)23-24-14(16(20)18-22)12-10-8-6-4-2/h13-14,21-22H,3-12H2,1-2H3,(H,17,19)(H,18,20). The third kappa shape index (κ3) is 11.2. The van der Waals surface area contributed by atoms with E-state index in [1.54, 1.807) is 11.0 Å². The molecular weight excluding hydrogens is 348 g/mol. The zero-order valence-corrected chi connectivity index (χ0v) is 16.4. The summed E-state index contributed by atoms with van der Waals surface area (Å²) in [6, 6.07) is 0. The van der Waals surface area contributed by atoms with Crippen LogP contribution in [0.3, 0.4) is 0 Å². The lowest BCUT2D eigenvalue weighted by Crippen LogP contribution is -2.32. The molecule has 0 saturated carbocycles. The number of hydrogen-bond donors (Lipinski definition) is 4. The normalized spacial score (nSPS) is 13.3. The van der Waals surface area contributed by atoms with Crippen LogP contribution in [-0.2, 0) is 9.59 Å². The van der Waals surface area contributed by atoms with Gasteiger partial charge in [-0.2, -0.15) is 0 Å². The fourth-order valence-electron chi connectivity index (χ4n) is 2.24. The summed E-state index contributed by atoms with van der Waals surface area (Å²) in [7, 11) is 2.60.